The van der Waals surface area contributed by atoms with Crippen molar-refractivity contribution in [1.82, 2.24) is 0 Å². The largest absolute Gasteiger partial charge is 0.320 e. The number of nitrogens with two attached hydrogens (primary N) is 1. The first-order valence-electron chi connectivity index (χ1n) is 6.33. The molecule has 2 rings (SSSR count). The molecule has 1 fully saturated rings. The minimum atomic E-state index is -0.336. The van der Waals surface area contributed by atoms with Gasteiger partial charge in [-0.2, -0.15) is 0 Å². The number of carbonyl (C=O) groups excluding carboxylic acids is 2. The molecule has 1 aromatic rings. The van der Waals surface area contributed by atoms with Gasteiger partial charge in [0.1, 0.15) is 0 Å². The Labute approximate surface area is 122 Å². The quantitative estimate of drug-likeness (QED) is 0.633. The number of imide groups is 1. The number of hydrogen-bond acceptors (Lipinski definition) is 3. The van der Waals surface area contributed by atoms with Gasteiger partial charge in [-0.3, -0.25) is 9.59 Å². The van der Waals surface area contributed by atoms with E-state index in [1.807, 2.05) is 0 Å². The van der Waals surface area contributed by atoms with Crippen molar-refractivity contribution in [1.29, 1.82) is 0 Å². The van der Waals surface area contributed by atoms with E-state index in [0.717, 1.165) is 4.90 Å². The fraction of sp³-hybridized carbons (Fsp3) is 0.333. The van der Waals surface area contributed by atoms with Gasteiger partial charge in [-0.15, -0.1) is 0 Å². The second-order valence-electron chi connectivity index (χ2n) is 4.76. The summed E-state index contributed by atoms with van der Waals surface area (Å²) in [6, 6.07) is 5.00. The summed E-state index contributed by atoms with van der Waals surface area (Å²) in [6.45, 7) is 3.74. The van der Waals surface area contributed by atoms with E-state index in [1.165, 1.54) is 0 Å². The molecule has 2 unspecified atom stereocenters. The van der Waals surface area contributed by atoms with Crippen LogP contribution in [0.5, 0.6) is 0 Å². The van der Waals surface area contributed by atoms with Gasteiger partial charge in [0.2, 0.25) is 11.8 Å². The fourth-order valence-electron chi connectivity index (χ4n) is 2.10. The van der Waals surface area contributed by atoms with Crippen LogP contribution in [0.2, 0.25) is 5.02 Å². The molecule has 1 aliphatic heterocycles. The van der Waals surface area contributed by atoms with E-state index in [0.29, 0.717) is 16.3 Å². The first-order chi connectivity index (χ1) is 9.47. The molecule has 1 heterocycles. The summed E-state index contributed by atoms with van der Waals surface area (Å²) in [5.74, 6) is 4.46. The van der Waals surface area contributed by atoms with Crippen LogP contribution in [0.25, 0.3) is 0 Å². The SMILES string of the molecule is CC1C(=O)N(c2cc(C#CCN)ccc2Cl)C(=O)C1C. The topological polar surface area (TPSA) is 63.4 Å². The molecule has 1 aromatic carbocycles. The number of halogens is 1. The van der Waals surface area contributed by atoms with Gasteiger partial charge in [0, 0.05) is 17.4 Å². The Bertz CT molecular complexity index is 610. The van der Waals surface area contributed by atoms with E-state index in [9.17, 15) is 9.59 Å². The zero-order valence-corrected chi connectivity index (χ0v) is 12.1. The van der Waals surface area contributed by atoms with Crippen LogP contribution in [0, 0.1) is 23.7 Å². The van der Waals surface area contributed by atoms with Crippen molar-refractivity contribution in [2.75, 3.05) is 11.4 Å². The Morgan fingerprint density at radius 2 is 1.85 bits per heavy atom. The molecule has 20 heavy (non-hydrogen) atoms. The zero-order valence-electron chi connectivity index (χ0n) is 11.3. The fourth-order valence-corrected chi connectivity index (χ4v) is 2.30. The van der Waals surface area contributed by atoms with Crippen molar-refractivity contribution < 1.29 is 9.59 Å². The molecule has 0 aromatic heterocycles. The molecule has 0 radical (unpaired) electrons. The van der Waals surface area contributed by atoms with Crippen LogP contribution in [-0.4, -0.2) is 18.4 Å². The van der Waals surface area contributed by atoms with Gasteiger partial charge in [0.05, 0.1) is 17.3 Å². The first kappa shape index (κ1) is 14.6. The summed E-state index contributed by atoms with van der Waals surface area (Å²) in [7, 11) is 0. The van der Waals surface area contributed by atoms with E-state index < -0.39 is 0 Å². The third kappa shape index (κ3) is 2.43. The van der Waals surface area contributed by atoms with Crippen LogP contribution in [0.15, 0.2) is 18.2 Å². The molecule has 2 amide bonds. The average Bonchev–Trinajstić information content (AvgIpc) is 2.63. The van der Waals surface area contributed by atoms with Crippen LogP contribution < -0.4 is 10.6 Å². The Kier molecular flexibility index (Phi) is 4.12. The summed E-state index contributed by atoms with van der Waals surface area (Å²) in [5, 5.41) is 0.353. The maximum Gasteiger partial charge on any atom is 0.237 e. The molecule has 1 aliphatic rings. The van der Waals surface area contributed by atoms with E-state index in [-0.39, 0.29) is 30.2 Å². The molecular formula is C15H15ClN2O2. The van der Waals surface area contributed by atoms with Crippen LogP contribution in [0.3, 0.4) is 0 Å². The lowest BCUT2D eigenvalue weighted by molar-refractivity contribution is -0.122. The molecule has 1 saturated heterocycles. The lowest BCUT2D eigenvalue weighted by Gasteiger charge is -2.16. The molecule has 5 heteroatoms. The highest BCUT2D eigenvalue weighted by Crippen LogP contribution is 2.35. The summed E-state index contributed by atoms with van der Waals surface area (Å²) in [5.41, 5.74) is 6.39. The zero-order chi connectivity index (χ0) is 14.9. The van der Waals surface area contributed by atoms with Gasteiger partial charge in [0.25, 0.3) is 0 Å². The smallest absolute Gasteiger partial charge is 0.237 e. The molecule has 2 atom stereocenters. The Morgan fingerprint density at radius 1 is 1.25 bits per heavy atom. The van der Waals surface area contributed by atoms with Crippen LogP contribution >= 0.6 is 11.6 Å². The highest BCUT2D eigenvalue weighted by molar-refractivity contribution is 6.36. The molecule has 0 saturated carbocycles. The third-order valence-electron chi connectivity index (χ3n) is 3.49. The minimum Gasteiger partial charge on any atom is -0.320 e. The highest BCUT2D eigenvalue weighted by atomic mass is 35.5. The lowest BCUT2D eigenvalue weighted by atomic mass is 10.00. The van der Waals surface area contributed by atoms with E-state index in [2.05, 4.69) is 11.8 Å². The third-order valence-corrected chi connectivity index (χ3v) is 3.81. The summed E-state index contributed by atoms with van der Waals surface area (Å²) >= 11 is 6.12. The minimum absolute atomic E-state index is 0.228. The molecule has 2 N–H and O–H groups in total. The van der Waals surface area contributed by atoms with Crippen molar-refractivity contribution >= 4 is 29.1 Å². The van der Waals surface area contributed by atoms with Gasteiger partial charge >= 0.3 is 0 Å². The van der Waals surface area contributed by atoms with Crippen LogP contribution in [0.4, 0.5) is 5.69 Å². The maximum atomic E-state index is 12.2. The molecule has 0 bridgehead atoms. The standard InChI is InChI=1S/C15H15ClN2O2/c1-9-10(2)15(20)18(14(9)19)13-8-11(4-3-7-17)5-6-12(13)16/h5-6,8-10H,7,17H2,1-2H3. The van der Waals surface area contributed by atoms with E-state index >= 15 is 0 Å². The van der Waals surface area contributed by atoms with E-state index in [4.69, 9.17) is 17.3 Å². The van der Waals surface area contributed by atoms with Crippen LogP contribution in [0.1, 0.15) is 19.4 Å². The highest BCUT2D eigenvalue weighted by Gasteiger charge is 2.43. The molecular weight excluding hydrogens is 276 g/mol. The second kappa shape index (κ2) is 5.66. The van der Waals surface area contributed by atoms with Gasteiger partial charge in [-0.1, -0.05) is 37.3 Å². The first-order valence-corrected chi connectivity index (χ1v) is 6.71. The van der Waals surface area contributed by atoms with Gasteiger partial charge in [-0.25, -0.2) is 4.90 Å². The van der Waals surface area contributed by atoms with Crippen molar-refractivity contribution in [3.63, 3.8) is 0 Å². The van der Waals surface area contributed by atoms with Crippen molar-refractivity contribution in [2.24, 2.45) is 17.6 Å². The molecule has 0 spiro atoms. The molecule has 0 aliphatic carbocycles. The van der Waals surface area contributed by atoms with Gasteiger partial charge in [0.15, 0.2) is 0 Å². The molecule has 4 nitrogen and oxygen atoms in total. The maximum absolute atomic E-state index is 12.2. The van der Waals surface area contributed by atoms with Gasteiger partial charge in [-0.05, 0) is 18.2 Å². The number of hydrogen-bond donors (Lipinski definition) is 1. The van der Waals surface area contributed by atoms with Crippen molar-refractivity contribution in [3.8, 4) is 11.8 Å². The summed E-state index contributed by atoms with van der Waals surface area (Å²) < 4.78 is 0. The number of amides is 2. The normalized spacial score (nSPS) is 21.9. The van der Waals surface area contributed by atoms with Crippen molar-refractivity contribution in [2.45, 2.75) is 13.8 Å². The number of carbonyl (C=O) groups is 2. The number of rotatable bonds is 1. The lowest BCUT2D eigenvalue weighted by Crippen LogP contribution is -2.30. The Morgan fingerprint density at radius 3 is 2.40 bits per heavy atom. The summed E-state index contributed by atoms with van der Waals surface area (Å²) in [4.78, 5) is 25.5. The van der Waals surface area contributed by atoms with E-state index in [1.54, 1.807) is 32.0 Å². The van der Waals surface area contributed by atoms with Crippen LogP contribution in [-0.2, 0) is 9.59 Å². The Hall–Kier alpha value is -1.83. The number of benzene rings is 1. The molecule has 104 valence electrons. The number of anilines is 1. The van der Waals surface area contributed by atoms with Gasteiger partial charge < -0.3 is 5.73 Å². The predicted molar refractivity (Wildman–Crippen MR) is 78.2 cm³/mol. The van der Waals surface area contributed by atoms with Crippen molar-refractivity contribution in [3.05, 3.63) is 28.8 Å². The number of nitrogens with zero attached hydrogens (tertiary/aromatic N) is 1. The monoisotopic (exact) mass is 290 g/mol. The second-order valence-corrected chi connectivity index (χ2v) is 5.17. The predicted octanol–water partition coefficient (Wildman–Crippen LogP) is 1.80. The average molecular weight is 291 g/mol. The Balaban J connectivity index is 2.47. The summed E-state index contributed by atoms with van der Waals surface area (Å²) in [6.07, 6.45) is 0.